The number of rotatable bonds is 4. The molecule has 3 N–H and O–H groups in total. The molecule has 0 saturated heterocycles. The molecule has 2 rings (SSSR count). The maximum Gasteiger partial charge on any atom is 0.227 e. The molecule has 3 atom stereocenters. The van der Waals surface area contributed by atoms with Crippen molar-refractivity contribution >= 4 is 29.9 Å². The second-order valence-electron chi connectivity index (χ2n) is 5.67. The van der Waals surface area contributed by atoms with E-state index in [4.69, 9.17) is 17.3 Å². The van der Waals surface area contributed by atoms with Gasteiger partial charge in [0.1, 0.15) is 0 Å². The Morgan fingerprint density at radius 1 is 1.43 bits per heavy atom. The molecular formula is C16H24Cl2N2O. The normalized spacial score (nSPS) is 23.0. The van der Waals surface area contributed by atoms with Gasteiger partial charge in [-0.2, -0.15) is 0 Å². The third-order valence-corrected chi connectivity index (χ3v) is 4.52. The second-order valence-corrected chi connectivity index (χ2v) is 6.11. The maximum absolute atomic E-state index is 12.4. The van der Waals surface area contributed by atoms with Gasteiger partial charge in [-0.3, -0.25) is 4.79 Å². The Hall–Kier alpha value is -0.770. The molecule has 0 spiro atoms. The van der Waals surface area contributed by atoms with Gasteiger partial charge in [0.25, 0.3) is 0 Å². The van der Waals surface area contributed by atoms with Crippen LogP contribution in [0.15, 0.2) is 24.3 Å². The fraction of sp³-hybridized carbons (Fsp3) is 0.562. The molecule has 1 saturated carbocycles. The van der Waals surface area contributed by atoms with Crippen molar-refractivity contribution in [3.05, 3.63) is 34.9 Å². The van der Waals surface area contributed by atoms with Gasteiger partial charge in [0, 0.05) is 11.1 Å². The number of benzene rings is 1. The van der Waals surface area contributed by atoms with E-state index in [9.17, 15) is 4.79 Å². The van der Waals surface area contributed by atoms with Gasteiger partial charge in [0.15, 0.2) is 0 Å². The summed E-state index contributed by atoms with van der Waals surface area (Å²) in [6.07, 6.45) is 4.55. The van der Waals surface area contributed by atoms with Crippen LogP contribution in [0, 0.1) is 5.92 Å². The Morgan fingerprint density at radius 3 is 2.81 bits per heavy atom. The molecule has 1 aliphatic carbocycles. The van der Waals surface area contributed by atoms with Gasteiger partial charge in [0.2, 0.25) is 5.91 Å². The lowest BCUT2D eigenvalue weighted by Gasteiger charge is -2.32. The fourth-order valence-electron chi connectivity index (χ4n) is 2.91. The average molecular weight is 331 g/mol. The zero-order chi connectivity index (χ0) is 14.5. The highest BCUT2D eigenvalue weighted by atomic mass is 35.5. The largest absolute Gasteiger partial charge is 0.353 e. The van der Waals surface area contributed by atoms with Crippen LogP contribution in [-0.2, 0) is 4.79 Å². The van der Waals surface area contributed by atoms with Crippen molar-refractivity contribution in [3.8, 4) is 0 Å². The Kier molecular flexibility index (Phi) is 7.50. The molecule has 21 heavy (non-hydrogen) atoms. The van der Waals surface area contributed by atoms with Crippen molar-refractivity contribution in [2.45, 2.75) is 44.6 Å². The molecule has 0 aromatic heterocycles. The predicted molar refractivity (Wildman–Crippen MR) is 90.1 cm³/mol. The van der Waals surface area contributed by atoms with Gasteiger partial charge in [-0.15, -0.1) is 12.4 Å². The zero-order valence-corrected chi connectivity index (χ0v) is 13.9. The number of carbonyl (C=O) groups is 1. The van der Waals surface area contributed by atoms with E-state index in [0.29, 0.717) is 17.5 Å². The van der Waals surface area contributed by atoms with Crippen LogP contribution >= 0.6 is 24.0 Å². The van der Waals surface area contributed by atoms with Crippen LogP contribution in [0.25, 0.3) is 0 Å². The van der Waals surface area contributed by atoms with Crippen molar-refractivity contribution in [1.82, 2.24) is 5.32 Å². The van der Waals surface area contributed by atoms with Crippen molar-refractivity contribution in [2.75, 3.05) is 6.54 Å². The first-order valence-electron chi connectivity index (χ1n) is 7.37. The Morgan fingerprint density at radius 2 is 2.14 bits per heavy atom. The highest BCUT2D eigenvalue weighted by molar-refractivity contribution is 6.30. The van der Waals surface area contributed by atoms with Crippen molar-refractivity contribution in [1.29, 1.82) is 0 Å². The standard InChI is InChI=1S/C16H23ClN2O.ClH/c1-11(12-6-4-7-14(17)9-12)16(20)19-15-8-3-2-5-13(15)10-18;/h4,6-7,9,11,13,15H,2-3,5,8,10,18H2,1H3,(H,19,20);1H. The van der Waals surface area contributed by atoms with Crippen LogP contribution in [0.3, 0.4) is 0 Å². The number of hydrogen-bond acceptors (Lipinski definition) is 2. The molecule has 0 aliphatic heterocycles. The average Bonchev–Trinajstić information content (AvgIpc) is 2.47. The molecule has 0 bridgehead atoms. The molecule has 1 amide bonds. The van der Waals surface area contributed by atoms with E-state index in [1.807, 2.05) is 31.2 Å². The van der Waals surface area contributed by atoms with Gasteiger partial charge in [-0.1, -0.05) is 36.6 Å². The summed E-state index contributed by atoms with van der Waals surface area (Å²) in [6.45, 7) is 2.57. The van der Waals surface area contributed by atoms with E-state index in [1.165, 1.54) is 12.8 Å². The lowest BCUT2D eigenvalue weighted by Crippen LogP contribution is -2.46. The number of nitrogens with two attached hydrogens (primary N) is 1. The molecule has 1 aliphatic rings. The summed E-state index contributed by atoms with van der Waals surface area (Å²) in [7, 11) is 0. The highest BCUT2D eigenvalue weighted by Crippen LogP contribution is 2.25. The maximum atomic E-state index is 12.4. The van der Waals surface area contributed by atoms with E-state index in [1.54, 1.807) is 0 Å². The molecule has 1 aromatic rings. The molecule has 0 heterocycles. The Bertz CT molecular complexity index is 467. The summed E-state index contributed by atoms with van der Waals surface area (Å²) in [6, 6.07) is 7.72. The minimum absolute atomic E-state index is 0. The van der Waals surface area contributed by atoms with Gasteiger partial charge < -0.3 is 11.1 Å². The van der Waals surface area contributed by atoms with E-state index in [-0.39, 0.29) is 30.3 Å². The summed E-state index contributed by atoms with van der Waals surface area (Å²) < 4.78 is 0. The summed E-state index contributed by atoms with van der Waals surface area (Å²) in [4.78, 5) is 12.4. The second kappa shape index (κ2) is 8.62. The fourth-order valence-corrected chi connectivity index (χ4v) is 3.11. The smallest absolute Gasteiger partial charge is 0.227 e. The number of nitrogens with one attached hydrogen (secondary N) is 1. The number of amides is 1. The molecule has 1 aromatic carbocycles. The monoisotopic (exact) mass is 330 g/mol. The van der Waals surface area contributed by atoms with E-state index in [2.05, 4.69) is 5.32 Å². The first-order valence-corrected chi connectivity index (χ1v) is 7.75. The van der Waals surface area contributed by atoms with Crippen molar-refractivity contribution in [3.63, 3.8) is 0 Å². The number of carbonyl (C=O) groups excluding carboxylic acids is 1. The van der Waals surface area contributed by atoms with E-state index >= 15 is 0 Å². The van der Waals surface area contributed by atoms with Crippen LogP contribution in [0.2, 0.25) is 5.02 Å². The first kappa shape index (κ1) is 18.3. The van der Waals surface area contributed by atoms with Crippen molar-refractivity contribution in [2.24, 2.45) is 11.7 Å². The SMILES string of the molecule is CC(C(=O)NC1CCCCC1CN)c1cccc(Cl)c1.Cl. The Balaban J connectivity index is 0.00000220. The van der Waals surface area contributed by atoms with Gasteiger partial charge in [-0.05, 0) is 49.9 Å². The topological polar surface area (TPSA) is 55.1 Å². The van der Waals surface area contributed by atoms with Crippen LogP contribution in [-0.4, -0.2) is 18.5 Å². The minimum atomic E-state index is -0.186. The zero-order valence-electron chi connectivity index (χ0n) is 12.3. The van der Waals surface area contributed by atoms with Crippen LogP contribution in [0.5, 0.6) is 0 Å². The lowest BCUT2D eigenvalue weighted by molar-refractivity contribution is -0.123. The molecule has 0 radical (unpaired) electrons. The van der Waals surface area contributed by atoms with Crippen LogP contribution < -0.4 is 11.1 Å². The predicted octanol–water partition coefficient (Wildman–Crippen LogP) is 3.50. The Labute approximate surface area is 138 Å². The summed E-state index contributed by atoms with van der Waals surface area (Å²) in [5, 5.41) is 3.84. The first-order chi connectivity index (χ1) is 9.61. The lowest BCUT2D eigenvalue weighted by atomic mass is 9.84. The number of halogens is 2. The minimum Gasteiger partial charge on any atom is -0.353 e. The number of hydrogen-bond donors (Lipinski definition) is 2. The molecule has 118 valence electrons. The van der Waals surface area contributed by atoms with E-state index in [0.717, 1.165) is 18.4 Å². The van der Waals surface area contributed by atoms with Gasteiger partial charge in [-0.25, -0.2) is 0 Å². The van der Waals surface area contributed by atoms with Crippen molar-refractivity contribution < 1.29 is 4.79 Å². The summed E-state index contributed by atoms with van der Waals surface area (Å²) in [5.41, 5.74) is 6.76. The van der Waals surface area contributed by atoms with Crippen LogP contribution in [0.4, 0.5) is 0 Å². The third-order valence-electron chi connectivity index (χ3n) is 4.28. The molecule has 3 nitrogen and oxygen atoms in total. The van der Waals surface area contributed by atoms with Gasteiger partial charge in [0.05, 0.1) is 5.92 Å². The highest BCUT2D eigenvalue weighted by Gasteiger charge is 2.27. The summed E-state index contributed by atoms with van der Waals surface area (Å²) >= 11 is 5.98. The van der Waals surface area contributed by atoms with Gasteiger partial charge >= 0.3 is 0 Å². The third kappa shape index (κ3) is 4.87. The van der Waals surface area contributed by atoms with E-state index < -0.39 is 0 Å². The quantitative estimate of drug-likeness (QED) is 0.887. The van der Waals surface area contributed by atoms with Crippen LogP contribution in [0.1, 0.15) is 44.1 Å². The summed E-state index contributed by atoms with van der Waals surface area (Å²) in [5.74, 6) is 0.297. The molecule has 3 unspecified atom stereocenters. The molecule has 1 fully saturated rings. The molecular weight excluding hydrogens is 307 g/mol. The molecule has 5 heteroatoms.